The van der Waals surface area contributed by atoms with Crippen LogP contribution in [0.1, 0.15) is 19.4 Å². The summed E-state index contributed by atoms with van der Waals surface area (Å²) in [6.45, 7) is 5.95. The third-order valence-electron chi connectivity index (χ3n) is 3.34. The van der Waals surface area contributed by atoms with Gasteiger partial charge in [-0.3, -0.25) is 4.99 Å². The van der Waals surface area contributed by atoms with Crippen LogP contribution in [0.5, 0.6) is 5.75 Å². The van der Waals surface area contributed by atoms with Gasteiger partial charge in [0, 0.05) is 46.7 Å². The van der Waals surface area contributed by atoms with E-state index < -0.39 is 0 Å². The van der Waals surface area contributed by atoms with E-state index in [-0.39, 0.29) is 5.75 Å². The molecule has 0 aliphatic rings. The molecule has 2 rings (SSSR count). The number of phenolic OH excluding ortho intramolecular Hbond substituents is 1. The minimum Gasteiger partial charge on any atom is -0.507 e. The molecule has 3 nitrogen and oxygen atoms in total. The van der Waals surface area contributed by atoms with Crippen LogP contribution >= 0.6 is 23.2 Å². The first-order valence-corrected chi connectivity index (χ1v) is 7.87. The van der Waals surface area contributed by atoms with Crippen LogP contribution in [0.2, 0.25) is 10.0 Å². The highest BCUT2D eigenvalue weighted by Crippen LogP contribution is 2.26. The quantitative estimate of drug-likeness (QED) is 0.752. The van der Waals surface area contributed by atoms with E-state index in [0.717, 1.165) is 18.8 Å². The fourth-order valence-electron chi connectivity index (χ4n) is 2.18. The summed E-state index contributed by atoms with van der Waals surface area (Å²) >= 11 is 11.9. The van der Waals surface area contributed by atoms with Crippen molar-refractivity contribution >= 4 is 40.8 Å². The average molecular weight is 337 g/mol. The molecule has 0 unspecified atom stereocenters. The highest BCUT2D eigenvalue weighted by Gasteiger charge is 2.05. The maximum absolute atomic E-state index is 10.1. The zero-order valence-electron chi connectivity index (χ0n) is 12.6. The van der Waals surface area contributed by atoms with Crippen molar-refractivity contribution in [3.63, 3.8) is 0 Å². The molecule has 22 heavy (non-hydrogen) atoms. The second kappa shape index (κ2) is 7.52. The molecule has 0 atom stereocenters. The topological polar surface area (TPSA) is 35.8 Å². The summed E-state index contributed by atoms with van der Waals surface area (Å²) in [7, 11) is 0. The molecule has 0 aromatic heterocycles. The van der Waals surface area contributed by atoms with Gasteiger partial charge in [0.25, 0.3) is 0 Å². The lowest BCUT2D eigenvalue weighted by molar-refractivity contribution is 0.474. The van der Waals surface area contributed by atoms with Gasteiger partial charge in [0.05, 0.1) is 5.69 Å². The van der Waals surface area contributed by atoms with E-state index in [2.05, 4.69) is 23.7 Å². The molecule has 0 aliphatic heterocycles. The van der Waals surface area contributed by atoms with Crippen molar-refractivity contribution in [2.45, 2.75) is 13.8 Å². The van der Waals surface area contributed by atoms with Crippen LogP contribution in [0.25, 0.3) is 0 Å². The van der Waals surface area contributed by atoms with E-state index in [1.807, 2.05) is 12.1 Å². The van der Waals surface area contributed by atoms with Gasteiger partial charge in [0.15, 0.2) is 0 Å². The lowest BCUT2D eigenvalue weighted by Crippen LogP contribution is -2.21. The summed E-state index contributed by atoms with van der Waals surface area (Å²) in [5, 5.41) is 11.2. The number of rotatable bonds is 5. The van der Waals surface area contributed by atoms with Crippen LogP contribution < -0.4 is 4.90 Å². The van der Waals surface area contributed by atoms with Crippen LogP contribution in [-0.4, -0.2) is 24.4 Å². The number of anilines is 1. The molecule has 0 aliphatic carbocycles. The van der Waals surface area contributed by atoms with Gasteiger partial charge < -0.3 is 10.0 Å². The summed E-state index contributed by atoms with van der Waals surface area (Å²) in [6, 6.07) is 10.6. The largest absolute Gasteiger partial charge is 0.507 e. The fourth-order valence-corrected chi connectivity index (χ4v) is 2.70. The number of aromatic hydroxyl groups is 1. The summed E-state index contributed by atoms with van der Waals surface area (Å²) in [5.74, 6) is 0.196. The maximum Gasteiger partial charge on any atom is 0.126 e. The Kier molecular flexibility index (Phi) is 5.69. The molecular formula is C17H18Cl2N2O. The van der Waals surface area contributed by atoms with Crippen molar-refractivity contribution in [1.82, 2.24) is 0 Å². The number of halogens is 2. The molecule has 5 heteroatoms. The maximum atomic E-state index is 10.1. The van der Waals surface area contributed by atoms with Crippen LogP contribution in [0, 0.1) is 0 Å². The molecule has 2 aromatic rings. The van der Waals surface area contributed by atoms with Crippen molar-refractivity contribution in [3.8, 4) is 5.75 Å². The summed E-state index contributed by atoms with van der Waals surface area (Å²) in [6.07, 6.45) is 1.60. The second-order valence-electron chi connectivity index (χ2n) is 4.80. The zero-order chi connectivity index (χ0) is 16.1. The van der Waals surface area contributed by atoms with Gasteiger partial charge in [0.1, 0.15) is 5.75 Å². The first-order valence-electron chi connectivity index (χ1n) is 7.11. The normalized spacial score (nSPS) is 11.1. The van der Waals surface area contributed by atoms with E-state index >= 15 is 0 Å². The highest BCUT2D eigenvalue weighted by atomic mass is 35.5. The molecule has 0 amide bonds. The minimum absolute atomic E-state index is 0.196. The first-order chi connectivity index (χ1) is 10.5. The van der Waals surface area contributed by atoms with Crippen LogP contribution in [-0.2, 0) is 0 Å². The Labute approximate surface area is 140 Å². The Balaban J connectivity index is 2.24. The third kappa shape index (κ3) is 4.15. The zero-order valence-corrected chi connectivity index (χ0v) is 14.1. The van der Waals surface area contributed by atoms with Gasteiger partial charge >= 0.3 is 0 Å². The van der Waals surface area contributed by atoms with E-state index in [9.17, 15) is 5.11 Å². The Morgan fingerprint density at radius 3 is 2.23 bits per heavy atom. The fraction of sp³-hybridized carbons (Fsp3) is 0.235. The van der Waals surface area contributed by atoms with Gasteiger partial charge in [-0.25, -0.2) is 0 Å². The van der Waals surface area contributed by atoms with E-state index in [4.69, 9.17) is 23.2 Å². The van der Waals surface area contributed by atoms with E-state index in [1.54, 1.807) is 30.5 Å². The van der Waals surface area contributed by atoms with Crippen molar-refractivity contribution in [3.05, 3.63) is 52.0 Å². The van der Waals surface area contributed by atoms with E-state index in [1.165, 1.54) is 0 Å². The number of phenols is 1. The number of benzene rings is 2. The predicted octanol–water partition coefficient (Wildman–Crippen LogP) is 5.30. The molecule has 0 spiro atoms. The first kappa shape index (κ1) is 16.7. The second-order valence-corrected chi connectivity index (χ2v) is 5.67. The standard InChI is InChI=1S/C17H18Cl2N2O/c1-3-21(4-2)16-6-5-12(17(22)10-16)11-20-15-8-13(18)7-14(19)9-15/h5-11,22H,3-4H2,1-2H3. The van der Waals surface area contributed by atoms with Crippen molar-refractivity contribution < 1.29 is 5.11 Å². The summed E-state index contributed by atoms with van der Waals surface area (Å²) in [4.78, 5) is 6.47. The van der Waals surface area contributed by atoms with Crippen molar-refractivity contribution in [1.29, 1.82) is 0 Å². The Hall–Kier alpha value is -1.71. The lowest BCUT2D eigenvalue weighted by atomic mass is 10.2. The predicted molar refractivity (Wildman–Crippen MR) is 95.4 cm³/mol. The molecule has 116 valence electrons. The highest BCUT2D eigenvalue weighted by molar-refractivity contribution is 6.35. The molecule has 0 bridgehead atoms. The minimum atomic E-state index is 0.196. The Morgan fingerprint density at radius 1 is 1.05 bits per heavy atom. The van der Waals surface area contributed by atoms with Gasteiger partial charge in [-0.05, 0) is 44.2 Å². The van der Waals surface area contributed by atoms with Gasteiger partial charge in [-0.15, -0.1) is 0 Å². The molecule has 1 N–H and O–H groups in total. The monoisotopic (exact) mass is 336 g/mol. The number of hydrogen-bond donors (Lipinski definition) is 1. The van der Waals surface area contributed by atoms with E-state index in [0.29, 0.717) is 21.3 Å². The smallest absolute Gasteiger partial charge is 0.126 e. The Bertz CT molecular complexity index is 662. The Morgan fingerprint density at radius 2 is 1.68 bits per heavy atom. The summed E-state index contributed by atoms with van der Waals surface area (Å²) in [5.41, 5.74) is 2.28. The third-order valence-corrected chi connectivity index (χ3v) is 3.78. The number of nitrogens with zero attached hydrogens (tertiary/aromatic N) is 2. The van der Waals surface area contributed by atoms with Crippen molar-refractivity contribution in [2.24, 2.45) is 4.99 Å². The van der Waals surface area contributed by atoms with Crippen LogP contribution in [0.4, 0.5) is 11.4 Å². The molecule has 0 saturated carbocycles. The molecule has 2 aromatic carbocycles. The van der Waals surface area contributed by atoms with Gasteiger partial charge in [-0.2, -0.15) is 0 Å². The number of hydrogen-bond acceptors (Lipinski definition) is 3. The van der Waals surface area contributed by atoms with Crippen molar-refractivity contribution in [2.75, 3.05) is 18.0 Å². The molecule has 0 saturated heterocycles. The molecular weight excluding hydrogens is 319 g/mol. The SMILES string of the molecule is CCN(CC)c1ccc(C=Nc2cc(Cl)cc(Cl)c2)c(O)c1. The molecule has 0 radical (unpaired) electrons. The summed E-state index contributed by atoms with van der Waals surface area (Å²) < 4.78 is 0. The van der Waals surface area contributed by atoms with Gasteiger partial charge in [0.2, 0.25) is 0 Å². The van der Waals surface area contributed by atoms with Crippen LogP contribution in [0.15, 0.2) is 41.4 Å². The average Bonchev–Trinajstić information content (AvgIpc) is 2.46. The lowest BCUT2D eigenvalue weighted by Gasteiger charge is -2.21. The number of aliphatic imine (C=N–C) groups is 1. The van der Waals surface area contributed by atoms with Gasteiger partial charge in [-0.1, -0.05) is 23.2 Å². The molecule has 0 fully saturated rings. The molecule has 0 heterocycles. The van der Waals surface area contributed by atoms with Crippen LogP contribution in [0.3, 0.4) is 0 Å².